The lowest BCUT2D eigenvalue weighted by Crippen LogP contribution is -2.39. The molecule has 0 aliphatic carbocycles. The van der Waals surface area contributed by atoms with E-state index in [0.29, 0.717) is 19.8 Å². The predicted octanol–water partition coefficient (Wildman–Crippen LogP) is 3.36. The number of nitrogens with one attached hydrogen (secondary N) is 2. The second kappa shape index (κ2) is 11.9. The number of ether oxygens (including phenoxy) is 2. The summed E-state index contributed by atoms with van der Waals surface area (Å²) in [5, 5.41) is 6.50. The molecule has 2 N–H and O–H groups in total. The second-order valence-corrected chi connectivity index (χ2v) is 5.74. The molecule has 0 saturated carbocycles. The van der Waals surface area contributed by atoms with Crippen LogP contribution in [0.4, 0.5) is 0 Å². The van der Waals surface area contributed by atoms with Crippen LogP contribution in [0.2, 0.25) is 0 Å². The summed E-state index contributed by atoms with van der Waals surface area (Å²) < 4.78 is 11.1. The first-order valence-electron chi connectivity index (χ1n) is 9.17. The lowest BCUT2D eigenvalue weighted by atomic mass is 10.2. The number of nitrogens with zero attached hydrogens (tertiary/aromatic N) is 1. The van der Waals surface area contributed by atoms with E-state index in [-0.39, 0.29) is 0 Å². The Hall–Kier alpha value is -2.53. The summed E-state index contributed by atoms with van der Waals surface area (Å²) >= 11 is 0. The maximum atomic E-state index is 5.81. The van der Waals surface area contributed by atoms with Crippen molar-refractivity contribution in [2.75, 3.05) is 26.3 Å². The summed E-state index contributed by atoms with van der Waals surface area (Å²) in [4.78, 5) is 4.60. The average Bonchev–Trinajstić information content (AvgIpc) is 2.69. The number of benzene rings is 2. The third kappa shape index (κ3) is 7.57. The maximum Gasteiger partial charge on any atom is 0.191 e. The van der Waals surface area contributed by atoms with Gasteiger partial charge in [-0.15, -0.1) is 0 Å². The number of guanidine groups is 1. The molecule has 0 amide bonds. The van der Waals surface area contributed by atoms with E-state index in [4.69, 9.17) is 9.47 Å². The van der Waals surface area contributed by atoms with Gasteiger partial charge in [0.2, 0.25) is 0 Å². The topological polar surface area (TPSA) is 54.9 Å². The van der Waals surface area contributed by atoms with Crippen LogP contribution in [-0.4, -0.2) is 32.3 Å². The van der Waals surface area contributed by atoms with E-state index in [1.54, 1.807) is 0 Å². The lowest BCUT2D eigenvalue weighted by molar-refractivity contribution is 0.152. The highest BCUT2D eigenvalue weighted by Gasteiger charge is 1.99. The van der Waals surface area contributed by atoms with E-state index in [0.717, 1.165) is 42.5 Å². The highest BCUT2D eigenvalue weighted by molar-refractivity contribution is 5.79. The fourth-order valence-corrected chi connectivity index (χ4v) is 2.33. The first-order chi connectivity index (χ1) is 12.8. The molecule has 0 spiro atoms. The van der Waals surface area contributed by atoms with Crippen LogP contribution in [0.5, 0.6) is 5.75 Å². The Morgan fingerprint density at radius 3 is 2.38 bits per heavy atom. The summed E-state index contributed by atoms with van der Waals surface area (Å²) in [6, 6.07) is 18.2. The SMILES string of the molecule is CCNC(=NCc1ccc(OCc2ccccc2)cc1)NCCOCC. The largest absolute Gasteiger partial charge is 0.489 e. The maximum absolute atomic E-state index is 5.81. The molecule has 0 aliphatic heterocycles. The van der Waals surface area contributed by atoms with E-state index in [9.17, 15) is 0 Å². The number of hydrogen-bond donors (Lipinski definition) is 2. The van der Waals surface area contributed by atoms with Crippen molar-refractivity contribution in [2.24, 2.45) is 4.99 Å². The normalized spacial score (nSPS) is 11.2. The summed E-state index contributed by atoms with van der Waals surface area (Å²) in [7, 11) is 0. The van der Waals surface area contributed by atoms with Crippen LogP contribution in [0.3, 0.4) is 0 Å². The molecule has 2 rings (SSSR count). The summed E-state index contributed by atoms with van der Waals surface area (Å²) in [6.45, 7) is 8.21. The number of aliphatic imine (C=N–C) groups is 1. The Bertz CT molecular complexity index is 642. The summed E-state index contributed by atoms with van der Waals surface area (Å²) in [5.41, 5.74) is 2.30. The smallest absolute Gasteiger partial charge is 0.191 e. The molecule has 0 bridgehead atoms. The van der Waals surface area contributed by atoms with E-state index >= 15 is 0 Å². The standard InChI is InChI=1S/C21H29N3O2/c1-3-22-21(23-14-15-25-4-2)24-16-18-10-12-20(13-11-18)26-17-19-8-6-5-7-9-19/h5-13H,3-4,14-17H2,1-2H3,(H2,22,23,24). The van der Waals surface area contributed by atoms with Gasteiger partial charge in [-0.1, -0.05) is 42.5 Å². The van der Waals surface area contributed by atoms with Crippen LogP contribution >= 0.6 is 0 Å². The monoisotopic (exact) mass is 355 g/mol. The Morgan fingerprint density at radius 2 is 1.69 bits per heavy atom. The molecule has 26 heavy (non-hydrogen) atoms. The van der Waals surface area contributed by atoms with E-state index in [1.165, 1.54) is 0 Å². The summed E-state index contributed by atoms with van der Waals surface area (Å²) in [5.74, 6) is 1.67. The van der Waals surface area contributed by atoms with Gasteiger partial charge in [-0.25, -0.2) is 4.99 Å². The van der Waals surface area contributed by atoms with Gasteiger partial charge < -0.3 is 20.1 Å². The fourth-order valence-electron chi connectivity index (χ4n) is 2.33. The van der Waals surface area contributed by atoms with Crippen molar-refractivity contribution < 1.29 is 9.47 Å². The zero-order valence-electron chi connectivity index (χ0n) is 15.7. The van der Waals surface area contributed by atoms with E-state index in [2.05, 4.69) is 34.7 Å². The molecule has 5 heteroatoms. The van der Waals surface area contributed by atoms with Gasteiger partial charge in [0.05, 0.1) is 13.2 Å². The Kier molecular flexibility index (Phi) is 9.08. The van der Waals surface area contributed by atoms with Crippen LogP contribution < -0.4 is 15.4 Å². The zero-order chi connectivity index (χ0) is 18.5. The van der Waals surface area contributed by atoms with Gasteiger partial charge in [0.25, 0.3) is 0 Å². The molecule has 0 radical (unpaired) electrons. The molecule has 0 heterocycles. The Balaban J connectivity index is 1.82. The van der Waals surface area contributed by atoms with Crippen molar-refractivity contribution in [2.45, 2.75) is 27.0 Å². The molecule has 0 fully saturated rings. The molecule has 5 nitrogen and oxygen atoms in total. The quantitative estimate of drug-likeness (QED) is 0.390. The molecule has 140 valence electrons. The van der Waals surface area contributed by atoms with E-state index in [1.807, 2.05) is 49.4 Å². The lowest BCUT2D eigenvalue weighted by Gasteiger charge is -2.11. The van der Waals surface area contributed by atoms with E-state index < -0.39 is 0 Å². The zero-order valence-corrected chi connectivity index (χ0v) is 15.7. The minimum Gasteiger partial charge on any atom is -0.489 e. The van der Waals surface area contributed by atoms with Crippen molar-refractivity contribution in [3.63, 3.8) is 0 Å². The third-order valence-electron chi connectivity index (χ3n) is 3.68. The molecule has 0 unspecified atom stereocenters. The van der Waals surface area contributed by atoms with Gasteiger partial charge in [-0.05, 0) is 37.1 Å². The van der Waals surface area contributed by atoms with Crippen LogP contribution in [0.15, 0.2) is 59.6 Å². The number of rotatable bonds is 10. The molecule has 0 saturated heterocycles. The molecule has 0 atom stereocenters. The minimum absolute atomic E-state index is 0.576. The fraction of sp³-hybridized carbons (Fsp3) is 0.381. The average molecular weight is 355 g/mol. The molecule has 2 aromatic rings. The highest BCUT2D eigenvalue weighted by atomic mass is 16.5. The third-order valence-corrected chi connectivity index (χ3v) is 3.68. The van der Waals surface area contributed by atoms with Crippen LogP contribution in [-0.2, 0) is 17.9 Å². The van der Waals surface area contributed by atoms with Gasteiger partial charge in [0, 0.05) is 19.7 Å². The molecular formula is C21H29N3O2. The second-order valence-electron chi connectivity index (χ2n) is 5.74. The van der Waals surface area contributed by atoms with Crippen LogP contribution in [0, 0.1) is 0 Å². The minimum atomic E-state index is 0.576. The van der Waals surface area contributed by atoms with Crippen molar-refractivity contribution in [3.05, 3.63) is 65.7 Å². The van der Waals surface area contributed by atoms with Gasteiger partial charge in [0.15, 0.2) is 5.96 Å². The van der Waals surface area contributed by atoms with Crippen molar-refractivity contribution in [3.8, 4) is 5.75 Å². The van der Waals surface area contributed by atoms with Gasteiger partial charge in [-0.2, -0.15) is 0 Å². The molecule has 2 aromatic carbocycles. The predicted molar refractivity (Wildman–Crippen MR) is 107 cm³/mol. The first-order valence-corrected chi connectivity index (χ1v) is 9.17. The van der Waals surface area contributed by atoms with Crippen molar-refractivity contribution >= 4 is 5.96 Å². The summed E-state index contributed by atoms with van der Waals surface area (Å²) in [6.07, 6.45) is 0. The first kappa shape index (κ1) is 19.8. The van der Waals surface area contributed by atoms with Gasteiger partial charge >= 0.3 is 0 Å². The molecule has 0 aliphatic rings. The van der Waals surface area contributed by atoms with Crippen LogP contribution in [0.1, 0.15) is 25.0 Å². The molecular weight excluding hydrogens is 326 g/mol. The van der Waals surface area contributed by atoms with Gasteiger partial charge in [-0.3, -0.25) is 0 Å². The highest BCUT2D eigenvalue weighted by Crippen LogP contribution is 2.14. The molecule has 0 aromatic heterocycles. The van der Waals surface area contributed by atoms with Crippen molar-refractivity contribution in [1.82, 2.24) is 10.6 Å². The number of hydrogen-bond acceptors (Lipinski definition) is 3. The Morgan fingerprint density at radius 1 is 0.923 bits per heavy atom. The van der Waals surface area contributed by atoms with Gasteiger partial charge in [0.1, 0.15) is 12.4 Å². The van der Waals surface area contributed by atoms with Crippen molar-refractivity contribution in [1.29, 1.82) is 0 Å². The Labute approximate surface area is 156 Å². The van der Waals surface area contributed by atoms with Crippen LogP contribution in [0.25, 0.3) is 0 Å².